The van der Waals surface area contributed by atoms with Gasteiger partial charge in [-0.3, -0.25) is 0 Å². The summed E-state index contributed by atoms with van der Waals surface area (Å²) in [5.41, 5.74) is 4.29. The Bertz CT molecular complexity index is 1220. The highest BCUT2D eigenvalue weighted by atomic mass is 16.5. The van der Waals surface area contributed by atoms with Crippen LogP contribution in [0.5, 0.6) is 11.5 Å². The highest BCUT2D eigenvalue weighted by Crippen LogP contribution is 2.39. The highest BCUT2D eigenvalue weighted by molar-refractivity contribution is 5.92. The third kappa shape index (κ3) is 5.31. The van der Waals surface area contributed by atoms with E-state index in [0.29, 0.717) is 48.5 Å². The Morgan fingerprint density at radius 1 is 1.09 bits per heavy atom. The Kier molecular flexibility index (Phi) is 7.70. The molecule has 1 atom stereocenters. The van der Waals surface area contributed by atoms with Crippen LogP contribution in [0.3, 0.4) is 0 Å². The van der Waals surface area contributed by atoms with Crippen LogP contribution in [-0.2, 0) is 16.1 Å². The molecule has 0 amide bonds. The summed E-state index contributed by atoms with van der Waals surface area (Å²) in [6, 6.07) is 13.3. The molecule has 1 unspecified atom stereocenters. The van der Waals surface area contributed by atoms with Gasteiger partial charge >= 0.3 is 5.97 Å². The molecule has 35 heavy (non-hydrogen) atoms. The van der Waals surface area contributed by atoms with E-state index >= 15 is 0 Å². The van der Waals surface area contributed by atoms with E-state index in [1.165, 1.54) is 11.9 Å². The quantitative estimate of drug-likeness (QED) is 0.318. The van der Waals surface area contributed by atoms with Crippen LogP contribution in [0.1, 0.15) is 56.3 Å². The fraction of sp³-hybridized carbons (Fsp3) is 0.370. The van der Waals surface area contributed by atoms with Gasteiger partial charge in [-0.05, 0) is 56.0 Å². The number of benzene rings is 2. The summed E-state index contributed by atoms with van der Waals surface area (Å²) in [7, 11) is 0. The minimum Gasteiger partial charge on any atom is -0.490 e. The maximum Gasteiger partial charge on any atom is 0.338 e. The lowest BCUT2D eigenvalue weighted by Gasteiger charge is -2.28. The largest absolute Gasteiger partial charge is 0.490 e. The van der Waals surface area contributed by atoms with Crippen LogP contribution < -0.4 is 14.8 Å². The topological polar surface area (TPSA) is 87.5 Å². The zero-order valence-corrected chi connectivity index (χ0v) is 20.7. The first-order valence-electron chi connectivity index (χ1n) is 12.0. The van der Waals surface area contributed by atoms with Crippen molar-refractivity contribution in [2.24, 2.45) is 0 Å². The summed E-state index contributed by atoms with van der Waals surface area (Å²) in [6.07, 6.45) is 3.23. The minimum atomic E-state index is -0.507. The molecule has 4 rings (SSSR count). The molecule has 8 heteroatoms. The van der Waals surface area contributed by atoms with Crippen molar-refractivity contribution in [3.63, 3.8) is 0 Å². The Morgan fingerprint density at radius 3 is 2.69 bits per heavy atom. The number of aromatic nitrogens is 3. The van der Waals surface area contributed by atoms with E-state index in [1.54, 1.807) is 4.68 Å². The molecule has 0 aliphatic carbocycles. The number of fused-ring (bicyclic) bond motifs is 1. The van der Waals surface area contributed by atoms with Crippen LogP contribution in [0.2, 0.25) is 0 Å². The fourth-order valence-corrected chi connectivity index (χ4v) is 4.06. The molecule has 1 N–H and O–H groups in total. The van der Waals surface area contributed by atoms with E-state index in [0.717, 1.165) is 24.0 Å². The monoisotopic (exact) mass is 476 g/mol. The normalized spacial score (nSPS) is 14.8. The number of ether oxygens (including phenoxy) is 3. The van der Waals surface area contributed by atoms with Gasteiger partial charge in [0, 0.05) is 5.70 Å². The standard InChI is InChI=1S/C27H32N4O4/c1-5-7-14-34-26(32)24-19(4)30-27-28-17-29-31(27)25(24)20-12-13-22(23(15-20)33-6-2)35-16-21-11-9-8-10-18(21)3/h8-13,15,17,25H,5-7,14,16H2,1-4H3,(H,28,29,30). The van der Waals surface area contributed by atoms with Gasteiger partial charge in [0.25, 0.3) is 0 Å². The first-order valence-corrected chi connectivity index (χ1v) is 12.0. The predicted octanol–water partition coefficient (Wildman–Crippen LogP) is 5.20. The van der Waals surface area contributed by atoms with Crippen molar-refractivity contribution in [3.8, 4) is 11.5 Å². The lowest BCUT2D eigenvalue weighted by molar-refractivity contribution is -0.139. The summed E-state index contributed by atoms with van der Waals surface area (Å²) in [4.78, 5) is 17.4. The van der Waals surface area contributed by atoms with Gasteiger partial charge in [-0.15, -0.1) is 0 Å². The number of allylic oxidation sites excluding steroid dienone is 1. The molecule has 0 saturated heterocycles. The number of carbonyl (C=O) groups excluding carboxylic acids is 1. The van der Waals surface area contributed by atoms with Crippen molar-refractivity contribution >= 4 is 11.9 Å². The van der Waals surface area contributed by atoms with E-state index < -0.39 is 6.04 Å². The first kappa shape index (κ1) is 24.3. The third-order valence-electron chi connectivity index (χ3n) is 5.97. The van der Waals surface area contributed by atoms with Gasteiger partial charge in [0.05, 0.1) is 18.8 Å². The number of anilines is 1. The van der Waals surface area contributed by atoms with E-state index in [2.05, 4.69) is 41.4 Å². The van der Waals surface area contributed by atoms with Crippen LogP contribution in [-0.4, -0.2) is 33.9 Å². The fourth-order valence-electron chi connectivity index (χ4n) is 4.06. The van der Waals surface area contributed by atoms with Crippen molar-refractivity contribution < 1.29 is 19.0 Å². The number of rotatable bonds is 10. The maximum atomic E-state index is 13.1. The molecule has 1 aliphatic heterocycles. The SMILES string of the molecule is CCCCOC(=O)C1=C(C)Nc2ncnn2C1c1ccc(OCc2ccccc2C)c(OCC)c1. The second-order valence-electron chi connectivity index (χ2n) is 8.44. The molecule has 0 fully saturated rings. The van der Waals surface area contributed by atoms with E-state index in [4.69, 9.17) is 14.2 Å². The average molecular weight is 477 g/mol. The van der Waals surface area contributed by atoms with Crippen molar-refractivity contribution in [1.29, 1.82) is 0 Å². The van der Waals surface area contributed by atoms with Crippen molar-refractivity contribution in [2.75, 3.05) is 18.5 Å². The Balaban J connectivity index is 1.67. The van der Waals surface area contributed by atoms with Gasteiger partial charge in [-0.2, -0.15) is 10.1 Å². The molecule has 184 valence electrons. The molecule has 1 aromatic heterocycles. The highest BCUT2D eigenvalue weighted by Gasteiger charge is 2.34. The molecular weight excluding hydrogens is 444 g/mol. The van der Waals surface area contributed by atoms with Gasteiger partial charge in [0.1, 0.15) is 19.0 Å². The lowest BCUT2D eigenvalue weighted by Crippen LogP contribution is -2.29. The van der Waals surface area contributed by atoms with Crippen LogP contribution in [0.4, 0.5) is 5.95 Å². The number of unbranched alkanes of at least 4 members (excludes halogenated alkanes) is 1. The van der Waals surface area contributed by atoms with E-state index in [-0.39, 0.29) is 5.97 Å². The third-order valence-corrected chi connectivity index (χ3v) is 5.97. The molecule has 0 bridgehead atoms. The van der Waals surface area contributed by atoms with Gasteiger partial charge in [0.2, 0.25) is 5.95 Å². The van der Waals surface area contributed by atoms with Gasteiger partial charge in [-0.25, -0.2) is 9.48 Å². The number of aryl methyl sites for hydroxylation is 1. The summed E-state index contributed by atoms with van der Waals surface area (Å²) in [5, 5.41) is 7.56. The van der Waals surface area contributed by atoms with Crippen molar-refractivity contribution in [3.05, 3.63) is 76.8 Å². The molecule has 0 spiro atoms. The van der Waals surface area contributed by atoms with E-state index in [9.17, 15) is 4.79 Å². The molecule has 0 radical (unpaired) electrons. The van der Waals surface area contributed by atoms with Gasteiger partial charge in [0.15, 0.2) is 11.5 Å². The molecule has 2 aromatic carbocycles. The second kappa shape index (κ2) is 11.1. The Labute approximate surface area is 205 Å². The molecule has 3 aromatic rings. The van der Waals surface area contributed by atoms with Crippen molar-refractivity contribution in [2.45, 2.75) is 53.2 Å². The second-order valence-corrected chi connectivity index (χ2v) is 8.44. The predicted molar refractivity (Wildman–Crippen MR) is 133 cm³/mol. The average Bonchev–Trinajstić information content (AvgIpc) is 3.31. The van der Waals surface area contributed by atoms with Crippen LogP contribution >= 0.6 is 0 Å². The number of nitrogens with zero attached hydrogens (tertiary/aromatic N) is 3. The minimum absolute atomic E-state index is 0.368. The number of carbonyl (C=O) groups is 1. The Hall–Kier alpha value is -3.81. The molecule has 1 aliphatic rings. The zero-order valence-electron chi connectivity index (χ0n) is 20.7. The molecule has 2 heterocycles. The van der Waals surface area contributed by atoms with E-state index in [1.807, 2.05) is 44.2 Å². The number of nitrogens with one attached hydrogen (secondary N) is 1. The van der Waals surface area contributed by atoms with Crippen molar-refractivity contribution in [1.82, 2.24) is 14.8 Å². The summed E-state index contributed by atoms with van der Waals surface area (Å²) in [6.45, 7) is 9.19. The summed E-state index contributed by atoms with van der Waals surface area (Å²) >= 11 is 0. The first-order chi connectivity index (χ1) is 17.0. The van der Waals surface area contributed by atoms with Crippen LogP contribution in [0.25, 0.3) is 0 Å². The van der Waals surface area contributed by atoms with Crippen LogP contribution in [0, 0.1) is 6.92 Å². The Morgan fingerprint density at radius 2 is 1.91 bits per heavy atom. The van der Waals surface area contributed by atoms with Gasteiger partial charge < -0.3 is 19.5 Å². The molecular formula is C27H32N4O4. The number of hydrogen-bond acceptors (Lipinski definition) is 7. The zero-order chi connectivity index (χ0) is 24.8. The lowest BCUT2D eigenvalue weighted by atomic mass is 9.95. The molecule has 0 saturated carbocycles. The summed E-state index contributed by atoms with van der Waals surface area (Å²) in [5.74, 6) is 1.44. The molecule has 8 nitrogen and oxygen atoms in total. The smallest absolute Gasteiger partial charge is 0.338 e. The number of esters is 1. The summed E-state index contributed by atoms with van der Waals surface area (Å²) < 4.78 is 19.4. The van der Waals surface area contributed by atoms with Gasteiger partial charge in [-0.1, -0.05) is 43.7 Å². The maximum absolute atomic E-state index is 13.1. The number of hydrogen-bond donors (Lipinski definition) is 1. The van der Waals surface area contributed by atoms with Crippen LogP contribution in [0.15, 0.2) is 60.1 Å².